The molecule has 0 unspecified atom stereocenters. The maximum absolute atomic E-state index is 12.6. The minimum Gasteiger partial charge on any atom is -0.351 e. The summed E-state index contributed by atoms with van der Waals surface area (Å²) >= 11 is 4.44. The van der Waals surface area contributed by atoms with Crippen LogP contribution in [0.25, 0.3) is 0 Å². The third kappa shape index (κ3) is 4.83. The maximum Gasteiger partial charge on any atom is 0.289 e. The minimum atomic E-state index is -0.240. The van der Waals surface area contributed by atoms with Gasteiger partial charge in [0.15, 0.2) is 0 Å². The predicted molar refractivity (Wildman–Crippen MR) is 114 cm³/mol. The molecule has 0 radical (unpaired) electrons. The van der Waals surface area contributed by atoms with Crippen LogP contribution >= 0.6 is 27.7 Å². The number of amides is 3. The molecule has 7 heteroatoms. The predicted octanol–water partition coefficient (Wildman–Crippen LogP) is 4.35. The molecule has 0 atom stereocenters. The van der Waals surface area contributed by atoms with Gasteiger partial charge in [0.25, 0.3) is 11.1 Å². The summed E-state index contributed by atoms with van der Waals surface area (Å²) in [5.41, 5.74) is 2.17. The number of imide groups is 1. The lowest BCUT2D eigenvalue weighted by Gasteiger charge is -2.26. The molecule has 2 aromatic carbocycles. The van der Waals surface area contributed by atoms with Gasteiger partial charge in [-0.1, -0.05) is 65.8 Å². The van der Waals surface area contributed by atoms with E-state index in [1.807, 2.05) is 30.3 Å². The van der Waals surface area contributed by atoms with Crippen LogP contribution in [0.5, 0.6) is 0 Å². The topological polar surface area (TPSA) is 66.5 Å². The van der Waals surface area contributed by atoms with Crippen molar-refractivity contribution in [3.63, 3.8) is 0 Å². The van der Waals surface area contributed by atoms with Crippen LogP contribution in [0.4, 0.5) is 4.79 Å². The number of thioether (sulfide) groups is 1. The highest BCUT2D eigenvalue weighted by atomic mass is 79.9. The zero-order valence-electron chi connectivity index (χ0n) is 15.7. The van der Waals surface area contributed by atoms with Crippen molar-refractivity contribution in [2.75, 3.05) is 12.3 Å². The zero-order chi connectivity index (χ0) is 20.3. The normalized spacial score (nSPS) is 14.5. The minimum absolute atomic E-state index is 0.180. The molecule has 1 aliphatic heterocycles. The van der Waals surface area contributed by atoms with Crippen LogP contribution in [-0.4, -0.2) is 34.3 Å². The highest BCUT2D eigenvalue weighted by Gasteiger charge is 2.30. The molecular formula is C21H21BrN2O3S. The van der Waals surface area contributed by atoms with Gasteiger partial charge in [0.2, 0.25) is 5.91 Å². The van der Waals surface area contributed by atoms with Crippen molar-refractivity contribution in [2.45, 2.75) is 25.8 Å². The summed E-state index contributed by atoms with van der Waals surface area (Å²) in [5, 5.41) is 2.75. The van der Waals surface area contributed by atoms with Crippen molar-refractivity contribution >= 4 is 44.7 Å². The van der Waals surface area contributed by atoms with E-state index in [1.165, 1.54) is 4.90 Å². The molecule has 1 saturated heterocycles. The Morgan fingerprint density at radius 1 is 1.18 bits per heavy atom. The Kier molecular flexibility index (Phi) is 6.25. The lowest BCUT2D eigenvalue weighted by Crippen LogP contribution is -2.36. The fourth-order valence-electron chi connectivity index (χ4n) is 2.93. The summed E-state index contributed by atoms with van der Waals surface area (Å²) in [7, 11) is 0. The molecule has 1 aliphatic rings. The molecule has 1 heterocycles. The Morgan fingerprint density at radius 2 is 1.89 bits per heavy atom. The van der Waals surface area contributed by atoms with E-state index in [1.54, 1.807) is 18.2 Å². The average molecular weight is 461 g/mol. The number of carbonyl (C=O) groups excluding carboxylic acids is 3. The first-order valence-corrected chi connectivity index (χ1v) is 10.6. The fraction of sp³-hybridized carbons (Fsp3) is 0.286. The largest absolute Gasteiger partial charge is 0.351 e. The summed E-state index contributed by atoms with van der Waals surface area (Å²) in [4.78, 5) is 37.4. The van der Waals surface area contributed by atoms with E-state index in [-0.39, 0.29) is 34.8 Å². The van der Waals surface area contributed by atoms with Gasteiger partial charge < -0.3 is 5.32 Å². The first-order valence-electron chi connectivity index (χ1n) is 8.86. The first-order chi connectivity index (χ1) is 13.3. The molecule has 0 saturated carbocycles. The van der Waals surface area contributed by atoms with E-state index in [4.69, 9.17) is 0 Å². The van der Waals surface area contributed by atoms with Crippen LogP contribution in [-0.2, 0) is 16.8 Å². The lowest BCUT2D eigenvalue weighted by molar-refractivity contribution is -0.125. The van der Waals surface area contributed by atoms with Crippen molar-refractivity contribution in [3.05, 3.63) is 69.7 Å². The molecule has 0 bridgehead atoms. The van der Waals surface area contributed by atoms with Gasteiger partial charge in [-0.3, -0.25) is 19.3 Å². The molecule has 0 aromatic heterocycles. The Morgan fingerprint density at radius 3 is 2.54 bits per heavy atom. The van der Waals surface area contributed by atoms with Gasteiger partial charge in [-0.2, -0.15) is 0 Å². The van der Waals surface area contributed by atoms with E-state index in [2.05, 4.69) is 35.1 Å². The maximum atomic E-state index is 12.6. The summed E-state index contributed by atoms with van der Waals surface area (Å²) in [6.07, 6.45) is 0. The number of carbonyl (C=O) groups is 3. The SMILES string of the molecule is CC(C)(CNC(=O)c1cccc(CN2C(=O)CSC2=O)c1)c1ccc(Br)cc1. The molecule has 0 spiro atoms. The Balaban J connectivity index is 1.65. The molecular weight excluding hydrogens is 440 g/mol. The highest BCUT2D eigenvalue weighted by molar-refractivity contribution is 9.10. The smallest absolute Gasteiger partial charge is 0.289 e. The number of rotatable bonds is 6. The second kappa shape index (κ2) is 8.49. The van der Waals surface area contributed by atoms with Crippen molar-refractivity contribution in [1.29, 1.82) is 0 Å². The van der Waals surface area contributed by atoms with E-state index in [0.29, 0.717) is 12.1 Å². The molecule has 1 N–H and O–H groups in total. The quantitative estimate of drug-likeness (QED) is 0.695. The van der Waals surface area contributed by atoms with Gasteiger partial charge in [0.05, 0.1) is 12.3 Å². The summed E-state index contributed by atoms with van der Waals surface area (Å²) in [6.45, 7) is 4.83. The molecule has 2 aromatic rings. The van der Waals surface area contributed by atoms with Gasteiger partial charge in [-0.25, -0.2) is 0 Å². The Hall–Kier alpha value is -2.12. The van der Waals surface area contributed by atoms with Crippen LogP contribution in [0.1, 0.15) is 35.3 Å². The number of halogens is 1. The number of hydrogen-bond donors (Lipinski definition) is 1. The Bertz CT molecular complexity index is 896. The van der Waals surface area contributed by atoms with Gasteiger partial charge in [0.1, 0.15) is 0 Å². The summed E-state index contributed by atoms with van der Waals surface area (Å²) in [6, 6.07) is 15.1. The number of nitrogens with zero attached hydrogens (tertiary/aromatic N) is 1. The number of nitrogens with one attached hydrogen (secondary N) is 1. The van der Waals surface area contributed by atoms with Crippen LogP contribution in [0.15, 0.2) is 53.0 Å². The van der Waals surface area contributed by atoms with E-state index in [9.17, 15) is 14.4 Å². The third-order valence-corrected chi connectivity index (χ3v) is 6.07. The molecule has 3 rings (SSSR count). The first kappa shape index (κ1) is 20.6. The monoisotopic (exact) mass is 460 g/mol. The molecule has 28 heavy (non-hydrogen) atoms. The van der Waals surface area contributed by atoms with Crippen LogP contribution < -0.4 is 5.32 Å². The number of benzene rings is 2. The summed E-state index contributed by atoms with van der Waals surface area (Å²) < 4.78 is 1.02. The van der Waals surface area contributed by atoms with Gasteiger partial charge in [-0.05, 0) is 35.4 Å². The molecule has 5 nitrogen and oxygen atoms in total. The van der Waals surface area contributed by atoms with E-state index in [0.717, 1.165) is 27.4 Å². The van der Waals surface area contributed by atoms with Gasteiger partial charge in [0, 0.05) is 22.0 Å². The summed E-state index contributed by atoms with van der Waals surface area (Å²) in [5.74, 6) is -0.189. The number of hydrogen-bond acceptors (Lipinski definition) is 4. The zero-order valence-corrected chi connectivity index (χ0v) is 18.1. The van der Waals surface area contributed by atoms with Gasteiger partial charge >= 0.3 is 0 Å². The Labute approximate surface area is 177 Å². The van der Waals surface area contributed by atoms with Crippen molar-refractivity contribution in [3.8, 4) is 0 Å². The van der Waals surface area contributed by atoms with E-state index < -0.39 is 0 Å². The van der Waals surface area contributed by atoms with Crippen molar-refractivity contribution in [2.24, 2.45) is 0 Å². The molecule has 0 aliphatic carbocycles. The van der Waals surface area contributed by atoms with Crippen LogP contribution in [0, 0.1) is 0 Å². The van der Waals surface area contributed by atoms with Crippen molar-refractivity contribution in [1.82, 2.24) is 10.2 Å². The molecule has 3 amide bonds. The third-order valence-electron chi connectivity index (χ3n) is 4.69. The fourth-order valence-corrected chi connectivity index (χ4v) is 3.92. The van der Waals surface area contributed by atoms with E-state index >= 15 is 0 Å². The van der Waals surface area contributed by atoms with Crippen LogP contribution in [0.2, 0.25) is 0 Å². The lowest BCUT2D eigenvalue weighted by atomic mass is 9.84. The van der Waals surface area contributed by atoms with Crippen LogP contribution in [0.3, 0.4) is 0 Å². The highest BCUT2D eigenvalue weighted by Crippen LogP contribution is 2.24. The van der Waals surface area contributed by atoms with Crippen molar-refractivity contribution < 1.29 is 14.4 Å². The molecule has 146 valence electrons. The average Bonchev–Trinajstić information content (AvgIpc) is 2.99. The van der Waals surface area contributed by atoms with Gasteiger partial charge in [-0.15, -0.1) is 0 Å². The standard InChI is InChI=1S/C21H21BrN2O3S/c1-21(2,16-6-8-17(22)9-7-16)13-23-19(26)15-5-3-4-14(10-15)11-24-18(25)12-28-20(24)27/h3-10H,11-13H2,1-2H3,(H,23,26). The molecule has 1 fully saturated rings. The second-order valence-electron chi connectivity index (χ2n) is 7.31. The second-order valence-corrected chi connectivity index (χ2v) is 9.15.